The van der Waals surface area contributed by atoms with Crippen LogP contribution in [-0.4, -0.2) is 36.5 Å². The van der Waals surface area contributed by atoms with Crippen molar-refractivity contribution in [1.82, 2.24) is 29.9 Å². The van der Waals surface area contributed by atoms with E-state index in [1.165, 1.54) is 0 Å². The molecule has 146 valence electrons. The number of amides is 1. The topological polar surface area (TPSA) is 77.6 Å². The quantitative estimate of drug-likeness (QED) is 0.685. The summed E-state index contributed by atoms with van der Waals surface area (Å²) in [5.41, 5.74) is 1.31. The SMILES string of the molecule is CC(C)(C)C(Cn1ccnc1)NC(=O)c1cn(C/C=C/c2ccccc2)nn1. The molecule has 28 heavy (non-hydrogen) atoms. The minimum Gasteiger partial charge on any atom is -0.346 e. The summed E-state index contributed by atoms with van der Waals surface area (Å²) in [7, 11) is 0. The lowest BCUT2D eigenvalue weighted by molar-refractivity contribution is 0.0887. The first-order chi connectivity index (χ1) is 13.4. The minimum atomic E-state index is -0.224. The highest BCUT2D eigenvalue weighted by atomic mass is 16.2. The molecule has 2 aromatic heterocycles. The molecule has 3 rings (SSSR count). The second kappa shape index (κ2) is 8.65. The molecular formula is C21H26N6O. The molecule has 2 heterocycles. The van der Waals surface area contributed by atoms with E-state index in [1.807, 2.05) is 53.2 Å². The summed E-state index contributed by atoms with van der Waals surface area (Å²) in [6.45, 7) is 7.48. The number of aromatic nitrogens is 5. The number of hydrogen-bond donors (Lipinski definition) is 1. The lowest BCUT2D eigenvalue weighted by atomic mass is 9.86. The van der Waals surface area contributed by atoms with Crippen LogP contribution in [0.25, 0.3) is 6.08 Å². The van der Waals surface area contributed by atoms with E-state index in [0.29, 0.717) is 18.8 Å². The van der Waals surface area contributed by atoms with Gasteiger partial charge in [0.15, 0.2) is 5.69 Å². The van der Waals surface area contributed by atoms with Gasteiger partial charge in [0.1, 0.15) is 0 Å². The first-order valence-corrected chi connectivity index (χ1v) is 9.30. The van der Waals surface area contributed by atoms with Gasteiger partial charge in [0, 0.05) is 18.9 Å². The standard InChI is InChI=1S/C21H26N6O/c1-21(2,3)19(15-26-13-11-22-16-26)23-20(28)18-14-27(25-24-18)12-7-10-17-8-5-4-6-9-17/h4-11,13-14,16,19H,12,15H2,1-3H3,(H,23,28)/b10-7+. The van der Waals surface area contributed by atoms with Crippen molar-refractivity contribution in [2.75, 3.05) is 0 Å². The highest BCUT2D eigenvalue weighted by molar-refractivity contribution is 5.92. The molecule has 0 saturated heterocycles. The van der Waals surface area contributed by atoms with E-state index in [2.05, 4.69) is 41.4 Å². The average Bonchev–Trinajstić information content (AvgIpc) is 3.33. The number of allylic oxidation sites excluding steroid dienone is 1. The number of hydrogen-bond acceptors (Lipinski definition) is 4. The zero-order valence-corrected chi connectivity index (χ0v) is 16.5. The Labute approximate surface area is 165 Å². The maximum absolute atomic E-state index is 12.7. The molecule has 0 fully saturated rings. The number of carbonyl (C=O) groups is 1. The number of benzene rings is 1. The third-order valence-corrected chi connectivity index (χ3v) is 4.48. The van der Waals surface area contributed by atoms with Crippen molar-refractivity contribution in [3.63, 3.8) is 0 Å². The van der Waals surface area contributed by atoms with Crippen LogP contribution in [0.1, 0.15) is 36.8 Å². The van der Waals surface area contributed by atoms with Gasteiger partial charge in [-0.3, -0.25) is 4.79 Å². The fourth-order valence-electron chi connectivity index (χ4n) is 2.73. The maximum atomic E-state index is 12.7. The smallest absolute Gasteiger partial charge is 0.273 e. The molecule has 1 atom stereocenters. The summed E-state index contributed by atoms with van der Waals surface area (Å²) < 4.78 is 3.61. The van der Waals surface area contributed by atoms with E-state index in [1.54, 1.807) is 23.4 Å². The molecule has 7 nitrogen and oxygen atoms in total. The molecule has 0 spiro atoms. The highest BCUT2D eigenvalue weighted by Gasteiger charge is 2.27. The monoisotopic (exact) mass is 378 g/mol. The molecule has 0 bridgehead atoms. The third-order valence-electron chi connectivity index (χ3n) is 4.48. The van der Waals surface area contributed by atoms with Crippen LogP contribution in [0.3, 0.4) is 0 Å². The molecule has 0 saturated carbocycles. The van der Waals surface area contributed by atoms with Crippen molar-refractivity contribution in [3.05, 3.63) is 72.6 Å². The summed E-state index contributed by atoms with van der Waals surface area (Å²) in [6.07, 6.45) is 11.0. The second-order valence-corrected chi connectivity index (χ2v) is 7.79. The maximum Gasteiger partial charge on any atom is 0.273 e. The van der Waals surface area contributed by atoms with E-state index in [9.17, 15) is 4.79 Å². The largest absolute Gasteiger partial charge is 0.346 e. The zero-order valence-electron chi connectivity index (χ0n) is 16.5. The molecular weight excluding hydrogens is 352 g/mol. The van der Waals surface area contributed by atoms with Crippen LogP contribution in [0.2, 0.25) is 0 Å². The molecule has 0 aliphatic rings. The number of carbonyl (C=O) groups excluding carboxylic acids is 1. The Kier molecular flexibility index (Phi) is 6.03. The first kappa shape index (κ1) is 19.5. The first-order valence-electron chi connectivity index (χ1n) is 9.30. The van der Waals surface area contributed by atoms with Crippen LogP contribution >= 0.6 is 0 Å². The van der Waals surface area contributed by atoms with E-state index < -0.39 is 0 Å². The second-order valence-electron chi connectivity index (χ2n) is 7.79. The Hall–Kier alpha value is -3.22. The number of rotatable bonds is 7. The average molecular weight is 378 g/mol. The van der Waals surface area contributed by atoms with Gasteiger partial charge in [-0.05, 0) is 11.0 Å². The van der Waals surface area contributed by atoms with Gasteiger partial charge in [-0.15, -0.1) is 5.10 Å². The van der Waals surface area contributed by atoms with Crippen LogP contribution in [0, 0.1) is 5.41 Å². The van der Waals surface area contributed by atoms with Gasteiger partial charge in [0.25, 0.3) is 5.91 Å². The lowest BCUT2D eigenvalue weighted by Crippen LogP contribution is -2.46. The van der Waals surface area contributed by atoms with Crippen LogP contribution in [0.5, 0.6) is 0 Å². The molecule has 3 aromatic rings. The Morgan fingerprint density at radius 3 is 2.71 bits per heavy atom. The van der Waals surface area contributed by atoms with Crippen molar-refractivity contribution >= 4 is 12.0 Å². The Morgan fingerprint density at radius 2 is 2.04 bits per heavy atom. The summed E-state index contributed by atoms with van der Waals surface area (Å²) in [5.74, 6) is -0.224. The third kappa shape index (κ3) is 5.39. The van der Waals surface area contributed by atoms with Crippen molar-refractivity contribution in [2.45, 2.75) is 39.9 Å². The van der Waals surface area contributed by atoms with Crippen molar-refractivity contribution in [1.29, 1.82) is 0 Å². The normalized spacial score (nSPS) is 13.0. The van der Waals surface area contributed by atoms with Gasteiger partial charge >= 0.3 is 0 Å². The van der Waals surface area contributed by atoms with Gasteiger partial charge in [-0.25, -0.2) is 9.67 Å². The number of imidazole rings is 1. The van der Waals surface area contributed by atoms with Crippen LogP contribution in [0.4, 0.5) is 0 Å². The lowest BCUT2D eigenvalue weighted by Gasteiger charge is -2.31. The summed E-state index contributed by atoms with van der Waals surface area (Å²) >= 11 is 0. The minimum absolute atomic E-state index is 0.0719. The van der Waals surface area contributed by atoms with Gasteiger partial charge < -0.3 is 9.88 Å². The molecule has 0 radical (unpaired) electrons. The number of nitrogens with one attached hydrogen (secondary N) is 1. The highest BCUT2D eigenvalue weighted by Crippen LogP contribution is 2.21. The van der Waals surface area contributed by atoms with Crippen molar-refractivity contribution in [2.24, 2.45) is 5.41 Å². The summed E-state index contributed by atoms with van der Waals surface area (Å²) in [4.78, 5) is 16.7. The molecule has 1 N–H and O–H groups in total. The predicted octanol–water partition coefficient (Wildman–Crippen LogP) is 3.03. The Morgan fingerprint density at radius 1 is 1.25 bits per heavy atom. The molecule has 7 heteroatoms. The van der Waals surface area contributed by atoms with E-state index in [-0.39, 0.29) is 17.4 Å². The molecule has 1 aromatic carbocycles. The molecule has 0 aliphatic heterocycles. The van der Waals surface area contributed by atoms with Gasteiger partial charge in [-0.1, -0.05) is 68.5 Å². The van der Waals surface area contributed by atoms with Gasteiger partial charge in [0.2, 0.25) is 0 Å². The van der Waals surface area contributed by atoms with Crippen molar-refractivity contribution in [3.8, 4) is 0 Å². The number of nitrogens with zero attached hydrogens (tertiary/aromatic N) is 5. The summed E-state index contributed by atoms with van der Waals surface area (Å²) in [6, 6.07) is 9.96. The Balaban J connectivity index is 1.61. The van der Waals surface area contributed by atoms with Crippen LogP contribution < -0.4 is 5.32 Å². The van der Waals surface area contributed by atoms with Crippen LogP contribution in [-0.2, 0) is 13.1 Å². The van der Waals surface area contributed by atoms with E-state index in [0.717, 1.165) is 5.56 Å². The van der Waals surface area contributed by atoms with E-state index >= 15 is 0 Å². The summed E-state index contributed by atoms with van der Waals surface area (Å²) in [5, 5.41) is 11.2. The van der Waals surface area contributed by atoms with Gasteiger partial charge in [0.05, 0.1) is 25.1 Å². The molecule has 1 unspecified atom stereocenters. The Bertz CT molecular complexity index is 906. The van der Waals surface area contributed by atoms with Crippen molar-refractivity contribution < 1.29 is 4.79 Å². The zero-order chi connectivity index (χ0) is 20.0. The molecule has 0 aliphatic carbocycles. The fraction of sp³-hybridized carbons (Fsp3) is 0.333. The molecule has 1 amide bonds. The fourth-order valence-corrected chi connectivity index (χ4v) is 2.73. The predicted molar refractivity (Wildman–Crippen MR) is 108 cm³/mol. The van der Waals surface area contributed by atoms with Crippen LogP contribution in [0.15, 0.2) is 61.3 Å². The van der Waals surface area contributed by atoms with Gasteiger partial charge in [-0.2, -0.15) is 0 Å². The van der Waals surface area contributed by atoms with E-state index in [4.69, 9.17) is 0 Å².